The van der Waals surface area contributed by atoms with Crippen LogP contribution in [0.4, 0.5) is 33.3 Å². The highest BCUT2D eigenvalue weighted by molar-refractivity contribution is 7.94. The molecule has 20 nitrogen and oxygen atoms in total. The first-order chi connectivity index (χ1) is 23.7. The number of hydrogen-bond acceptors (Lipinski definition) is 21. The zero-order valence-corrected chi connectivity index (χ0v) is 28.8. The van der Waals surface area contributed by atoms with Crippen molar-refractivity contribution in [1.82, 2.24) is 15.0 Å². The van der Waals surface area contributed by atoms with Gasteiger partial charge >= 0.3 is 6.08 Å². The minimum absolute atomic E-state index is 0.0355. The van der Waals surface area contributed by atoms with E-state index in [1.807, 2.05) is 0 Å². The number of aromatic hydroxyl groups is 1. The van der Waals surface area contributed by atoms with Crippen LogP contribution in [-0.4, -0.2) is 83.7 Å². The normalized spacial score (nSPS) is 12.2. The van der Waals surface area contributed by atoms with Gasteiger partial charge in [0.05, 0.1) is 35.1 Å². The second kappa shape index (κ2) is 17.4. The lowest BCUT2D eigenvalue weighted by Crippen LogP contribution is -2.29. The zero-order chi connectivity index (χ0) is 36.5. The lowest BCUT2D eigenvalue weighted by Gasteiger charge is -2.17. The number of phenolic OH excluding ortho intramolecular Hbond substituents is 1. The third-order valence-electron chi connectivity index (χ3n) is 6.37. The average Bonchev–Trinajstić information content (AvgIpc) is 3.05. The van der Waals surface area contributed by atoms with Gasteiger partial charge in [-0.3, -0.25) is 8.74 Å². The Labute approximate surface area is 291 Å². The molecule has 0 aliphatic heterocycles. The molecule has 4 aromatic rings. The molecule has 0 unspecified atom stereocenters. The van der Waals surface area contributed by atoms with Crippen molar-refractivity contribution in [3.8, 4) is 5.75 Å². The molecule has 0 amide bonds. The summed E-state index contributed by atoms with van der Waals surface area (Å²) < 4.78 is 85.7. The summed E-state index contributed by atoms with van der Waals surface area (Å²) in [4.78, 5) is 12.2. The molecule has 1 heterocycles. The van der Waals surface area contributed by atoms with Crippen molar-refractivity contribution >= 4 is 84.1 Å². The Kier molecular flexibility index (Phi) is 13.5. The minimum atomic E-state index is -4.67. The van der Waals surface area contributed by atoms with E-state index in [4.69, 9.17) is 14.7 Å². The van der Waals surface area contributed by atoms with Gasteiger partial charge in [-0.15, -0.1) is 18.9 Å². The Hall–Kier alpha value is -3.86. The molecule has 5 N–H and O–H groups in total. The van der Waals surface area contributed by atoms with E-state index in [9.17, 15) is 30.9 Å². The summed E-state index contributed by atoms with van der Waals surface area (Å²) in [7, 11) is -6.85. The van der Waals surface area contributed by atoms with Gasteiger partial charge in [0.2, 0.25) is 11.9 Å². The van der Waals surface area contributed by atoms with Crippen LogP contribution in [0.15, 0.2) is 62.5 Å². The van der Waals surface area contributed by atoms with E-state index in [2.05, 4.69) is 49.2 Å². The van der Waals surface area contributed by atoms with E-state index in [0.29, 0.717) is 28.7 Å². The Morgan fingerprint density at radius 3 is 2.46 bits per heavy atom. The van der Waals surface area contributed by atoms with Crippen molar-refractivity contribution in [3.63, 3.8) is 0 Å². The maximum Gasteiger partial charge on any atom is 0.315 e. The van der Waals surface area contributed by atoms with Crippen molar-refractivity contribution in [3.05, 3.63) is 54.1 Å². The van der Waals surface area contributed by atoms with Crippen LogP contribution in [0.5, 0.6) is 5.75 Å². The molecular formula is C25H26FN7O13S4. The monoisotopic (exact) mass is 779 g/mol. The molecule has 0 radical (unpaired) electrons. The van der Waals surface area contributed by atoms with Gasteiger partial charge in [0.1, 0.15) is 16.3 Å². The summed E-state index contributed by atoms with van der Waals surface area (Å²) >= 11 is 0.661. The van der Waals surface area contributed by atoms with Gasteiger partial charge < -0.3 is 15.3 Å². The largest absolute Gasteiger partial charge is 0.505 e. The zero-order valence-electron chi connectivity index (χ0n) is 25.5. The molecule has 0 bridgehead atoms. The minimum Gasteiger partial charge on any atom is -0.505 e. The van der Waals surface area contributed by atoms with Crippen molar-refractivity contribution in [2.45, 2.75) is 16.7 Å². The van der Waals surface area contributed by atoms with Gasteiger partial charge in [0.25, 0.3) is 10.1 Å². The number of sulfone groups is 1. The first kappa shape index (κ1) is 38.9. The molecule has 0 aliphatic carbocycles. The Bertz CT molecular complexity index is 2080. The molecule has 1 aromatic heterocycles. The number of phenols is 1. The summed E-state index contributed by atoms with van der Waals surface area (Å²) in [5.74, 6) is -1.62. The van der Waals surface area contributed by atoms with Crippen molar-refractivity contribution in [2.75, 3.05) is 41.9 Å². The standard InChI is InChI=1S/C25H26FN7O13S4/c1-14-3-6-18(20(11-14)50(39,40)41)31-32-21-19(47-45-43-35)13-15-12-16(4-5-17(15)22(21)34)27-24-28-23(26)29-25(30-24)33(2)7-9-49(37,38)10-8-42-48-46-44-36/h3-6,11-13,34-36H,7-10H2,1-2H3,(H,39,40,41)(H,27,28,29,30). The number of anilines is 3. The number of hydrogen-bond donors (Lipinski definition) is 5. The van der Waals surface area contributed by atoms with Crippen LogP contribution in [0.2, 0.25) is 0 Å². The van der Waals surface area contributed by atoms with Crippen LogP contribution in [0, 0.1) is 13.0 Å². The van der Waals surface area contributed by atoms with Crippen LogP contribution in [-0.2, 0) is 42.9 Å². The fourth-order valence-corrected chi connectivity index (χ4v) is 6.67. The number of aryl methyl sites for hydroxylation is 1. The summed E-state index contributed by atoms with van der Waals surface area (Å²) in [6.07, 6.45) is -1.16. The lowest BCUT2D eigenvalue weighted by molar-refractivity contribution is -0.434. The predicted octanol–water partition coefficient (Wildman–Crippen LogP) is 4.86. The number of aromatic nitrogens is 3. The summed E-state index contributed by atoms with van der Waals surface area (Å²) in [5.41, 5.74) is 0.380. The fraction of sp³-hybridized carbons (Fsp3) is 0.240. The molecular weight excluding hydrogens is 754 g/mol. The van der Waals surface area contributed by atoms with Gasteiger partial charge in [-0.2, -0.15) is 27.8 Å². The van der Waals surface area contributed by atoms with E-state index in [0.717, 1.165) is 0 Å². The highest BCUT2D eigenvalue weighted by Crippen LogP contribution is 2.45. The van der Waals surface area contributed by atoms with E-state index < -0.39 is 36.7 Å². The smallest absolute Gasteiger partial charge is 0.315 e. The van der Waals surface area contributed by atoms with Crippen LogP contribution < -0.4 is 10.2 Å². The maximum atomic E-state index is 14.4. The number of azo groups is 1. The van der Waals surface area contributed by atoms with Gasteiger partial charge in [-0.1, -0.05) is 16.1 Å². The Morgan fingerprint density at radius 2 is 1.74 bits per heavy atom. The molecule has 25 heteroatoms. The van der Waals surface area contributed by atoms with Gasteiger partial charge in [-0.05, 0) is 54.3 Å². The summed E-state index contributed by atoms with van der Waals surface area (Å²) in [6.45, 7) is 1.22. The van der Waals surface area contributed by atoms with Crippen molar-refractivity contribution in [1.29, 1.82) is 0 Å². The third-order valence-corrected chi connectivity index (χ3v) is 9.85. The Morgan fingerprint density at radius 1 is 0.980 bits per heavy atom. The second-order valence-corrected chi connectivity index (χ2v) is 14.8. The summed E-state index contributed by atoms with van der Waals surface area (Å²) in [5, 5.41) is 46.1. The first-order valence-corrected chi connectivity index (χ1v) is 18.2. The molecule has 4 rings (SSSR count). The number of nitrogens with zero attached hydrogens (tertiary/aromatic N) is 6. The molecule has 270 valence electrons. The van der Waals surface area contributed by atoms with Gasteiger partial charge in [0.15, 0.2) is 27.9 Å². The van der Waals surface area contributed by atoms with Crippen LogP contribution in [0.1, 0.15) is 5.56 Å². The average molecular weight is 780 g/mol. The molecule has 3 aromatic carbocycles. The van der Waals surface area contributed by atoms with Crippen LogP contribution >= 0.6 is 24.4 Å². The van der Waals surface area contributed by atoms with Gasteiger partial charge in [-0.25, -0.2) is 18.9 Å². The van der Waals surface area contributed by atoms with Crippen LogP contribution in [0.3, 0.4) is 0 Å². The van der Waals surface area contributed by atoms with E-state index >= 15 is 0 Å². The number of nitrogens with one attached hydrogen (secondary N) is 1. The molecule has 0 saturated heterocycles. The molecule has 0 saturated carbocycles. The number of benzene rings is 3. The third kappa shape index (κ3) is 10.8. The van der Waals surface area contributed by atoms with Crippen molar-refractivity contribution in [2.24, 2.45) is 10.2 Å². The Balaban J connectivity index is 1.57. The van der Waals surface area contributed by atoms with E-state index in [1.165, 1.54) is 54.4 Å². The lowest BCUT2D eigenvalue weighted by atomic mass is 10.1. The molecule has 0 atom stereocenters. The highest BCUT2D eigenvalue weighted by Gasteiger charge is 2.20. The fourth-order valence-electron chi connectivity index (χ4n) is 4.06. The molecule has 0 aliphatic rings. The summed E-state index contributed by atoms with van der Waals surface area (Å²) in [6, 6.07) is 9.92. The van der Waals surface area contributed by atoms with Gasteiger partial charge in [0, 0.05) is 24.7 Å². The molecule has 50 heavy (non-hydrogen) atoms. The quantitative estimate of drug-likeness (QED) is 0.0225. The van der Waals surface area contributed by atoms with E-state index in [1.54, 1.807) is 6.92 Å². The predicted molar refractivity (Wildman–Crippen MR) is 175 cm³/mol. The first-order valence-electron chi connectivity index (χ1n) is 13.5. The molecule has 0 spiro atoms. The number of rotatable bonds is 18. The maximum absolute atomic E-state index is 14.4. The highest BCUT2D eigenvalue weighted by atomic mass is 32.2. The number of fused-ring (bicyclic) bond motifs is 1. The number of halogens is 1. The topological polar surface area (TPSA) is 274 Å². The van der Waals surface area contributed by atoms with E-state index in [-0.39, 0.29) is 70.5 Å². The van der Waals surface area contributed by atoms with Crippen molar-refractivity contribution < 1.29 is 64.3 Å². The second-order valence-electron chi connectivity index (χ2n) is 9.84. The SMILES string of the molecule is Cc1ccc(N=Nc2c(SOOO)cc3cc(Nc4nc(F)nc(N(C)CCS(=O)(=O)CCOSOOO)n4)ccc3c2O)c(S(=O)(=O)O)c1. The molecule has 0 fully saturated rings. The van der Waals surface area contributed by atoms with Crippen LogP contribution in [0.25, 0.3) is 10.8 Å².